The largest absolute Gasteiger partial charge is 0.492 e. The van der Waals surface area contributed by atoms with Gasteiger partial charge in [0.1, 0.15) is 5.75 Å². The number of hydrogen-bond acceptors (Lipinski definition) is 5. The van der Waals surface area contributed by atoms with E-state index in [4.69, 9.17) is 4.74 Å². The quantitative estimate of drug-likeness (QED) is 0.618. The van der Waals surface area contributed by atoms with Crippen molar-refractivity contribution in [1.82, 2.24) is 4.90 Å². The average molecular weight is 462 g/mol. The number of anilines is 2. The number of para-hydroxylation sites is 3. The van der Waals surface area contributed by atoms with Gasteiger partial charge in [0, 0.05) is 43.8 Å². The molecular formula is C29H39N3O2. The highest BCUT2D eigenvalue weighted by molar-refractivity contribution is 5.88. The lowest BCUT2D eigenvalue weighted by Gasteiger charge is -2.45. The van der Waals surface area contributed by atoms with Gasteiger partial charge in [0.15, 0.2) is 5.78 Å². The molecule has 1 aliphatic carbocycles. The molecule has 5 nitrogen and oxygen atoms in total. The van der Waals surface area contributed by atoms with Crippen LogP contribution in [0.2, 0.25) is 0 Å². The fourth-order valence-electron chi connectivity index (χ4n) is 6.20. The van der Waals surface area contributed by atoms with E-state index in [2.05, 4.69) is 57.6 Å². The van der Waals surface area contributed by atoms with E-state index in [-0.39, 0.29) is 18.0 Å². The lowest BCUT2D eigenvalue weighted by Crippen LogP contribution is -2.60. The summed E-state index contributed by atoms with van der Waals surface area (Å²) in [6.07, 6.45) is 7.89. The van der Waals surface area contributed by atoms with Gasteiger partial charge in [0.25, 0.3) is 0 Å². The molecule has 0 spiro atoms. The molecule has 0 bridgehead atoms. The lowest BCUT2D eigenvalue weighted by atomic mass is 9.80. The summed E-state index contributed by atoms with van der Waals surface area (Å²) in [5.41, 5.74) is 3.76. The minimum atomic E-state index is -0.0410. The van der Waals surface area contributed by atoms with E-state index < -0.39 is 0 Å². The van der Waals surface area contributed by atoms with E-state index in [0.29, 0.717) is 12.4 Å². The average Bonchev–Trinajstić information content (AvgIpc) is 2.90. The Morgan fingerprint density at radius 2 is 1.71 bits per heavy atom. The first-order valence-corrected chi connectivity index (χ1v) is 13.3. The van der Waals surface area contributed by atoms with Gasteiger partial charge in [-0.25, -0.2) is 0 Å². The standard InChI is InChI=1S/C29H39N3O2/c1-2-34-27-15-9-8-14-26(27)31-18-20-32(21-19-31)28(29(33)23-11-4-3-5-12-23)25-17-16-22-10-6-7-13-24(22)30-25/h6-10,13-15,23,25,28,30H,2-5,11-12,16-21H2,1H3. The smallest absolute Gasteiger partial charge is 0.155 e. The zero-order valence-corrected chi connectivity index (χ0v) is 20.5. The van der Waals surface area contributed by atoms with Crippen molar-refractivity contribution in [2.45, 2.75) is 64.0 Å². The molecule has 1 N–H and O–H groups in total. The second-order valence-electron chi connectivity index (χ2n) is 10.1. The second kappa shape index (κ2) is 10.8. The zero-order chi connectivity index (χ0) is 23.3. The fraction of sp³-hybridized carbons (Fsp3) is 0.552. The molecule has 2 aromatic rings. The molecule has 182 valence electrons. The number of benzene rings is 2. The highest BCUT2D eigenvalue weighted by Crippen LogP contribution is 2.34. The Morgan fingerprint density at radius 1 is 0.971 bits per heavy atom. The maximum atomic E-state index is 14.0. The molecule has 2 aromatic carbocycles. The molecule has 1 saturated heterocycles. The van der Waals surface area contributed by atoms with Crippen molar-refractivity contribution < 1.29 is 9.53 Å². The maximum absolute atomic E-state index is 14.0. The summed E-state index contributed by atoms with van der Waals surface area (Å²) in [5.74, 6) is 1.67. The van der Waals surface area contributed by atoms with Crippen LogP contribution in [0.25, 0.3) is 0 Å². The normalized spacial score (nSPS) is 22.5. The van der Waals surface area contributed by atoms with Gasteiger partial charge >= 0.3 is 0 Å². The summed E-state index contributed by atoms with van der Waals surface area (Å²) in [4.78, 5) is 18.9. The highest BCUT2D eigenvalue weighted by Gasteiger charge is 2.40. The maximum Gasteiger partial charge on any atom is 0.155 e. The molecule has 5 rings (SSSR count). The van der Waals surface area contributed by atoms with Crippen molar-refractivity contribution in [2.75, 3.05) is 43.0 Å². The summed E-state index contributed by atoms with van der Waals surface area (Å²) in [6.45, 7) is 6.35. The summed E-state index contributed by atoms with van der Waals surface area (Å²) in [6, 6.07) is 17.1. The van der Waals surface area contributed by atoms with Crippen LogP contribution in [0.1, 0.15) is 51.0 Å². The number of ketones is 1. The van der Waals surface area contributed by atoms with Crippen molar-refractivity contribution >= 4 is 17.2 Å². The van der Waals surface area contributed by atoms with Gasteiger partial charge in [-0.15, -0.1) is 0 Å². The Kier molecular flexibility index (Phi) is 7.39. The second-order valence-corrected chi connectivity index (χ2v) is 10.1. The Labute approximate surface area is 204 Å². The molecule has 0 aromatic heterocycles. The van der Waals surface area contributed by atoms with Crippen molar-refractivity contribution in [3.63, 3.8) is 0 Å². The van der Waals surface area contributed by atoms with Gasteiger partial charge in [-0.05, 0) is 56.4 Å². The number of nitrogens with zero attached hydrogens (tertiary/aromatic N) is 2. The zero-order valence-electron chi connectivity index (χ0n) is 20.5. The molecule has 34 heavy (non-hydrogen) atoms. The predicted octanol–water partition coefficient (Wildman–Crippen LogP) is 5.15. The van der Waals surface area contributed by atoms with Crippen molar-refractivity contribution in [1.29, 1.82) is 0 Å². The molecule has 5 heteroatoms. The van der Waals surface area contributed by atoms with Crippen LogP contribution in [0.3, 0.4) is 0 Å². The third-order valence-corrected chi connectivity index (χ3v) is 7.98. The molecule has 2 unspecified atom stereocenters. The van der Waals surface area contributed by atoms with Crippen LogP contribution >= 0.6 is 0 Å². The van der Waals surface area contributed by atoms with Crippen LogP contribution in [0.4, 0.5) is 11.4 Å². The highest BCUT2D eigenvalue weighted by atomic mass is 16.5. The van der Waals surface area contributed by atoms with E-state index in [9.17, 15) is 4.79 Å². The SMILES string of the molecule is CCOc1ccccc1N1CCN(C(C(=O)C2CCCCC2)C2CCc3ccccc3N2)CC1. The van der Waals surface area contributed by atoms with Crippen LogP contribution in [-0.2, 0) is 11.2 Å². The minimum Gasteiger partial charge on any atom is -0.492 e. The van der Waals surface area contributed by atoms with E-state index in [1.54, 1.807) is 0 Å². The fourth-order valence-corrected chi connectivity index (χ4v) is 6.20. The van der Waals surface area contributed by atoms with E-state index in [1.165, 1.54) is 36.2 Å². The summed E-state index contributed by atoms with van der Waals surface area (Å²) < 4.78 is 5.89. The van der Waals surface area contributed by atoms with E-state index in [1.807, 2.05) is 13.0 Å². The third-order valence-electron chi connectivity index (χ3n) is 7.98. The van der Waals surface area contributed by atoms with Crippen LogP contribution in [0, 0.1) is 5.92 Å². The molecule has 2 heterocycles. The molecule has 0 amide bonds. The molecule has 0 radical (unpaired) electrons. The number of hydrogen-bond donors (Lipinski definition) is 1. The van der Waals surface area contributed by atoms with Gasteiger partial charge in [-0.1, -0.05) is 49.6 Å². The first kappa shape index (κ1) is 23.2. The van der Waals surface area contributed by atoms with Crippen LogP contribution in [0.5, 0.6) is 5.75 Å². The number of fused-ring (bicyclic) bond motifs is 1. The van der Waals surface area contributed by atoms with Gasteiger partial charge in [0.2, 0.25) is 0 Å². The van der Waals surface area contributed by atoms with Gasteiger partial charge in [-0.2, -0.15) is 0 Å². The number of ether oxygens (including phenoxy) is 1. The molecule has 2 fully saturated rings. The van der Waals surface area contributed by atoms with Gasteiger partial charge in [0.05, 0.1) is 18.3 Å². The van der Waals surface area contributed by atoms with Crippen LogP contribution in [-0.4, -0.2) is 55.6 Å². The predicted molar refractivity (Wildman–Crippen MR) is 139 cm³/mol. The van der Waals surface area contributed by atoms with Crippen molar-refractivity contribution in [2.24, 2.45) is 5.92 Å². The molecular weight excluding hydrogens is 422 g/mol. The monoisotopic (exact) mass is 461 g/mol. The summed E-state index contributed by atoms with van der Waals surface area (Å²) in [7, 11) is 0. The van der Waals surface area contributed by atoms with E-state index >= 15 is 0 Å². The third kappa shape index (κ3) is 4.95. The first-order valence-electron chi connectivity index (χ1n) is 13.3. The van der Waals surface area contributed by atoms with Crippen LogP contribution < -0.4 is 15.0 Å². The minimum absolute atomic E-state index is 0.0410. The number of piperazine rings is 1. The Hall–Kier alpha value is -2.53. The molecule has 2 atom stereocenters. The number of rotatable bonds is 7. The van der Waals surface area contributed by atoms with Crippen molar-refractivity contribution in [3.05, 3.63) is 54.1 Å². The van der Waals surface area contributed by atoms with Gasteiger partial charge < -0.3 is 15.0 Å². The Morgan fingerprint density at radius 3 is 2.50 bits per heavy atom. The summed E-state index contributed by atoms with van der Waals surface area (Å²) in [5, 5.41) is 3.79. The topological polar surface area (TPSA) is 44.8 Å². The number of Topliss-reactive ketones (excluding diaryl/α,β-unsaturated/α-hetero) is 1. The number of aryl methyl sites for hydroxylation is 1. The Balaban J connectivity index is 1.33. The Bertz CT molecular complexity index is 963. The van der Waals surface area contributed by atoms with Gasteiger partial charge in [-0.3, -0.25) is 9.69 Å². The number of carbonyl (C=O) groups excluding carboxylic acids is 1. The molecule has 1 saturated carbocycles. The van der Waals surface area contributed by atoms with Crippen molar-refractivity contribution in [3.8, 4) is 5.75 Å². The summed E-state index contributed by atoms with van der Waals surface area (Å²) >= 11 is 0. The molecule has 3 aliphatic rings. The lowest BCUT2D eigenvalue weighted by molar-refractivity contribution is -0.130. The van der Waals surface area contributed by atoms with E-state index in [0.717, 1.165) is 57.6 Å². The first-order chi connectivity index (χ1) is 16.7. The molecule has 2 aliphatic heterocycles. The number of carbonyl (C=O) groups is 1. The van der Waals surface area contributed by atoms with Crippen LogP contribution in [0.15, 0.2) is 48.5 Å². The number of nitrogens with one attached hydrogen (secondary N) is 1.